The first kappa shape index (κ1) is 14.6. The molecule has 0 amide bonds. The Balaban J connectivity index is 2.13. The summed E-state index contributed by atoms with van der Waals surface area (Å²) in [5.74, 6) is 0.476. The van der Waals surface area contributed by atoms with E-state index in [4.69, 9.17) is 0 Å². The smallest absolute Gasteiger partial charge is 0.354 e. The van der Waals surface area contributed by atoms with Crippen molar-refractivity contribution >= 4 is 21.7 Å². The summed E-state index contributed by atoms with van der Waals surface area (Å²) >= 11 is 3.63. The van der Waals surface area contributed by atoms with Crippen LogP contribution in [0.2, 0.25) is 0 Å². The zero-order valence-electron chi connectivity index (χ0n) is 10.5. The van der Waals surface area contributed by atoms with E-state index in [-0.39, 0.29) is 6.04 Å². The van der Waals surface area contributed by atoms with Crippen molar-refractivity contribution in [1.82, 2.24) is 10.2 Å². The maximum absolute atomic E-state index is 12.4. The van der Waals surface area contributed by atoms with Crippen LogP contribution in [-0.4, -0.2) is 28.1 Å². The third-order valence-corrected chi connectivity index (χ3v) is 4.52. The molecular weight excluding hydrogens is 323 g/mol. The second kappa shape index (κ2) is 5.64. The molecule has 0 saturated heterocycles. The van der Waals surface area contributed by atoms with Gasteiger partial charge in [0.1, 0.15) is 0 Å². The topological polar surface area (TPSA) is 29.0 Å². The first-order chi connectivity index (χ1) is 8.89. The van der Waals surface area contributed by atoms with Crippen LogP contribution in [0.4, 0.5) is 19.0 Å². The van der Waals surface area contributed by atoms with E-state index in [1.165, 1.54) is 12.5 Å². The lowest BCUT2D eigenvalue weighted by Crippen LogP contribution is -2.41. The number of alkyl halides is 4. The molecular formula is C12H15BrF3N3. The predicted molar refractivity (Wildman–Crippen MR) is 70.4 cm³/mol. The highest BCUT2D eigenvalue weighted by Crippen LogP contribution is 2.31. The summed E-state index contributed by atoms with van der Waals surface area (Å²) in [7, 11) is 1.85. The fourth-order valence-electron chi connectivity index (χ4n) is 2.34. The molecule has 2 rings (SSSR count). The minimum atomic E-state index is -4.44. The van der Waals surface area contributed by atoms with E-state index in [1.54, 1.807) is 0 Å². The lowest BCUT2D eigenvalue weighted by molar-refractivity contribution is -0.141. The number of halogens is 4. The first-order valence-corrected chi connectivity index (χ1v) is 7.09. The highest BCUT2D eigenvalue weighted by molar-refractivity contribution is 9.09. The van der Waals surface area contributed by atoms with Crippen LogP contribution in [0.5, 0.6) is 0 Å². The van der Waals surface area contributed by atoms with Crippen molar-refractivity contribution in [3.8, 4) is 0 Å². The third kappa shape index (κ3) is 3.38. The second-order valence-electron chi connectivity index (χ2n) is 4.75. The van der Waals surface area contributed by atoms with E-state index in [0.29, 0.717) is 10.6 Å². The molecule has 1 fully saturated rings. The predicted octanol–water partition coefficient (Wildman–Crippen LogP) is 3.64. The van der Waals surface area contributed by atoms with Crippen molar-refractivity contribution in [3.63, 3.8) is 0 Å². The van der Waals surface area contributed by atoms with E-state index >= 15 is 0 Å². The molecule has 0 radical (unpaired) electrons. The van der Waals surface area contributed by atoms with Gasteiger partial charge in [0.25, 0.3) is 0 Å². The van der Waals surface area contributed by atoms with Crippen LogP contribution in [-0.2, 0) is 6.18 Å². The van der Waals surface area contributed by atoms with Gasteiger partial charge in [0.15, 0.2) is 11.5 Å². The third-order valence-electron chi connectivity index (χ3n) is 3.45. The Morgan fingerprint density at radius 1 is 1.21 bits per heavy atom. The van der Waals surface area contributed by atoms with Gasteiger partial charge in [0, 0.05) is 17.9 Å². The largest absolute Gasteiger partial charge is 0.435 e. The van der Waals surface area contributed by atoms with Crippen molar-refractivity contribution in [1.29, 1.82) is 0 Å². The molecule has 2 atom stereocenters. The normalized spacial score (nSPS) is 24.3. The lowest BCUT2D eigenvalue weighted by Gasteiger charge is -2.35. The molecule has 1 aromatic heterocycles. The van der Waals surface area contributed by atoms with Crippen LogP contribution in [0.1, 0.15) is 31.4 Å². The van der Waals surface area contributed by atoms with Crippen molar-refractivity contribution < 1.29 is 13.2 Å². The summed E-state index contributed by atoms with van der Waals surface area (Å²) in [6, 6.07) is 2.61. The number of rotatable bonds is 2. The summed E-state index contributed by atoms with van der Waals surface area (Å²) in [6.07, 6.45) is -0.0464. The summed E-state index contributed by atoms with van der Waals surface area (Å²) in [5, 5.41) is 6.95. The molecule has 1 saturated carbocycles. The average Bonchev–Trinajstić information content (AvgIpc) is 2.38. The molecule has 0 bridgehead atoms. The Hall–Kier alpha value is -0.850. The number of aromatic nitrogens is 2. The molecule has 1 aromatic rings. The highest BCUT2D eigenvalue weighted by atomic mass is 79.9. The Morgan fingerprint density at radius 2 is 1.89 bits per heavy atom. The van der Waals surface area contributed by atoms with E-state index in [0.717, 1.165) is 25.3 Å². The molecule has 0 spiro atoms. The number of hydrogen-bond donors (Lipinski definition) is 0. The number of nitrogens with zero attached hydrogens (tertiary/aromatic N) is 3. The van der Waals surface area contributed by atoms with Gasteiger partial charge in [-0.05, 0) is 25.0 Å². The van der Waals surface area contributed by atoms with Gasteiger partial charge in [-0.25, -0.2) is 0 Å². The summed E-state index contributed by atoms with van der Waals surface area (Å²) in [6.45, 7) is 0. The molecule has 1 heterocycles. The average molecular weight is 338 g/mol. The van der Waals surface area contributed by atoms with Crippen LogP contribution in [0.25, 0.3) is 0 Å². The Labute approximate surface area is 118 Å². The van der Waals surface area contributed by atoms with Crippen molar-refractivity contribution in [2.24, 2.45) is 0 Å². The van der Waals surface area contributed by atoms with Crippen LogP contribution in [0, 0.1) is 0 Å². The number of hydrogen-bond acceptors (Lipinski definition) is 3. The van der Waals surface area contributed by atoms with Crippen LogP contribution in [0.3, 0.4) is 0 Å². The molecule has 1 aliphatic rings. The molecule has 0 aliphatic heterocycles. The van der Waals surface area contributed by atoms with Gasteiger partial charge in [-0.1, -0.05) is 28.8 Å². The summed E-state index contributed by atoms with van der Waals surface area (Å²) < 4.78 is 37.2. The maximum atomic E-state index is 12.4. The molecule has 19 heavy (non-hydrogen) atoms. The Kier molecular flexibility index (Phi) is 4.32. The molecule has 3 nitrogen and oxygen atoms in total. The molecule has 106 valence electrons. The van der Waals surface area contributed by atoms with Crippen LogP contribution >= 0.6 is 15.9 Å². The molecule has 2 unspecified atom stereocenters. The monoisotopic (exact) mass is 337 g/mol. The van der Waals surface area contributed by atoms with Gasteiger partial charge in [0.2, 0.25) is 0 Å². The van der Waals surface area contributed by atoms with Gasteiger partial charge >= 0.3 is 6.18 Å². The molecule has 1 aliphatic carbocycles. The second-order valence-corrected chi connectivity index (χ2v) is 5.93. The van der Waals surface area contributed by atoms with E-state index < -0.39 is 11.9 Å². The molecule has 0 N–H and O–H groups in total. The summed E-state index contributed by atoms with van der Waals surface area (Å²) in [5.41, 5.74) is -0.955. The Morgan fingerprint density at radius 3 is 2.42 bits per heavy atom. The zero-order valence-corrected chi connectivity index (χ0v) is 12.1. The Bertz CT molecular complexity index is 421. The fraction of sp³-hybridized carbons (Fsp3) is 0.667. The quantitative estimate of drug-likeness (QED) is 0.771. The SMILES string of the molecule is CN(c1ccc(C(F)(F)F)nn1)C1CCCCC1Br. The maximum Gasteiger partial charge on any atom is 0.435 e. The fourth-order valence-corrected chi connectivity index (χ4v) is 3.28. The molecule has 7 heteroatoms. The van der Waals surface area contributed by atoms with Crippen molar-refractivity contribution in [3.05, 3.63) is 17.8 Å². The molecule has 0 aromatic carbocycles. The van der Waals surface area contributed by atoms with Gasteiger partial charge in [-0.2, -0.15) is 13.2 Å². The van der Waals surface area contributed by atoms with Gasteiger partial charge in [-0.3, -0.25) is 0 Å². The van der Waals surface area contributed by atoms with E-state index in [2.05, 4.69) is 26.1 Å². The summed E-state index contributed by atoms with van der Waals surface area (Å²) in [4.78, 5) is 2.25. The highest BCUT2D eigenvalue weighted by Gasteiger charge is 2.33. The van der Waals surface area contributed by atoms with Crippen molar-refractivity contribution in [2.75, 3.05) is 11.9 Å². The van der Waals surface area contributed by atoms with Crippen molar-refractivity contribution in [2.45, 2.75) is 42.7 Å². The minimum absolute atomic E-state index is 0.250. The van der Waals surface area contributed by atoms with Gasteiger partial charge in [0.05, 0.1) is 0 Å². The van der Waals surface area contributed by atoms with Gasteiger partial charge < -0.3 is 4.90 Å². The van der Waals surface area contributed by atoms with Crippen LogP contribution < -0.4 is 4.90 Å². The minimum Gasteiger partial charge on any atom is -0.354 e. The standard InChI is InChI=1S/C12H15BrF3N3/c1-19(9-5-3-2-4-8(9)13)11-7-6-10(17-18-11)12(14,15)16/h6-9H,2-5H2,1H3. The lowest BCUT2D eigenvalue weighted by atomic mass is 9.94. The van der Waals surface area contributed by atoms with E-state index in [1.807, 2.05) is 11.9 Å². The van der Waals surface area contributed by atoms with Crippen LogP contribution in [0.15, 0.2) is 12.1 Å². The number of anilines is 1. The van der Waals surface area contributed by atoms with Gasteiger partial charge in [-0.15, -0.1) is 10.2 Å². The zero-order chi connectivity index (χ0) is 14.0. The van der Waals surface area contributed by atoms with E-state index in [9.17, 15) is 13.2 Å². The first-order valence-electron chi connectivity index (χ1n) is 6.17.